The zero-order chi connectivity index (χ0) is 15.1. The van der Waals surface area contributed by atoms with E-state index in [4.69, 9.17) is 5.73 Å². The van der Waals surface area contributed by atoms with Crippen LogP contribution in [0.5, 0.6) is 0 Å². The van der Waals surface area contributed by atoms with Crippen molar-refractivity contribution < 1.29 is 9.59 Å². The number of hydrogen-bond acceptors (Lipinski definition) is 3. The second-order valence-corrected chi connectivity index (χ2v) is 6.09. The topological polar surface area (TPSA) is 75.4 Å². The van der Waals surface area contributed by atoms with Crippen LogP contribution in [0.1, 0.15) is 59.3 Å². The van der Waals surface area contributed by atoms with Crippen molar-refractivity contribution in [2.75, 3.05) is 6.54 Å². The van der Waals surface area contributed by atoms with Crippen LogP contribution in [0.15, 0.2) is 0 Å². The highest BCUT2D eigenvalue weighted by atomic mass is 16.2. The summed E-state index contributed by atoms with van der Waals surface area (Å²) in [6, 6.07) is 0.340. The van der Waals surface area contributed by atoms with E-state index in [2.05, 4.69) is 5.32 Å². The molecule has 0 spiro atoms. The van der Waals surface area contributed by atoms with Crippen molar-refractivity contribution in [1.82, 2.24) is 10.2 Å². The van der Waals surface area contributed by atoms with Gasteiger partial charge in [-0.1, -0.05) is 0 Å². The summed E-state index contributed by atoms with van der Waals surface area (Å²) >= 11 is 0. The van der Waals surface area contributed by atoms with Crippen molar-refractivity contribution >= 4 is 11.8 Å². The first-order valence-electron chi connectivity index (χ1n) is 7.76. The minimum absolute atomic E-state index is 0.0171. The number of amides is 2. The predicted molar refractivity (Wildman–Crippen MR) is 80.1 cm³/mol. The van der Waals surface area contributed by atoms with Gasteiger partial charge in [-0.2, -0.15) is 0 Å². The van der Waals surface area contributed by atoms with Crippen LogP contribution in [-0.4, -0.2) is 41.4 Å². The first-order valence-corrected chi connectivity index (χ1v) is 7.76. The van der Waals surface area contributed by atoms with Crippen molar-refractivity contribution in [3.8, 4) is 0 Å². The van der Waals surface area contributed by atoms with Crippen LogP contribution in [0.4, 0.5) is 0 Å². The molecule has 2 amide bonds. The van der Waals surface area contributed by atoms with Gasteiger partial charge in [0, 0.05) is 37.5 Å². The normalized spacial score (nSPS) is 20.9. The highest BCUT2D eigenvalue weighted by molar-refractivity contribution is 5.79. The lowest BCUT2D eigenvalue weighted by Crippen LogP contribution is -2.51. The van der Waals surface area contributed by atoms with Crippen LogP contribution >= 0.6 is 0 Å². The van der Waals surface area contributed by atoms with Crippen LogP contribution < -0.4 is 11.1 Å². The van der Waals surface area contributed by atoms with Gasteiger partial charge in [-0.3, -0.25) is 9.59 Å². The molecule has 0 aromatic heterocycles. The number of nitrogens with zero attached hydrogens (tertiary/aromatic N) is 1. The number of carbonyl (C=O) groups is 2. The second-order valence-electron chi connectivity index (χ2n) is 6.09. The molecule has 1 fully saturated rings. The Hall–Kier alpha value is -1.10. The molecule has 116 valence electrons. The predicted octanol–water partition coefficient (Wildman–Crippen LogP) is 1.41. The van der Waals surface area contributed by atoms with Crippen LogP contribution in [0.2, 0.25) is 0 Å². The summed E-state index contributed by atoms with van der Waals surface area (Å²) in [7, 11) is 0. The molecule has 0 saturated carbocycles. The Labute approximate surface area is 122 Å². The largest absolute Gasteiger partial charge is 0.354 e. The maximum Gasteiger partial charge on any atom is 0.222 e. The van der Waals surface area contributed by atoms with Crippen molar-refractivity contribution in [3.63, 3.8) is 0 Å². The quantitative estimate of drug-likeness (QED) is 0.774. The third-order valence-corrected chi connectivity index (χ3v) is 3.72. The lowest BCUT2D eigenvalue weighted by Gasteiger charge is -2.38. The minimum Gasteiger partial charge on any atom is -0.354 e. The van der Waals surface area contributed by atoms with Crippen LogP contribution in [0.3, 0.4) is 0 Å². The van der Waals surface area contributed by atoms with E-state index in [1.165, 1.54) is 0 Å². The molecule has 0 aliphatic carbocycles. The molecule has 0 aromatic rings. The molecule has 1 heterocycles. The third kappa shape index (κ3) is 5.49. The number of likely N-dealkylation sites (tertiary alicyclic amines) is 1. The summed E-state index contributed by atoms with van der Waals surface area (Å²) in [5.74, 6) is 0.166. The van der Waals surface area contributed by atoms with Gasteiger partial charge in [0.2, 0.25) is 11.8 Å². The molecule has 1 aliphatic heterocycles. The Kier molecular flexibility index (Phi) is 6.99. The fourth-order valence-corrected chi connectivity index (χ4v) is 2.75. The van der Waals surface area contributed by atoms with E-state index < -0.39 is 0 Å². The number of rotatable bonds is 6. The van der Waals surface area contributed by atoms with Gasteiger partial charge in [-0.15, -0.1) is 0 Å². The summed E-state index contributed by atoms with van der Waals surface area (Å²) in [4.78, 5) is 25.7. The average molecular weight is 283 g/mol. The van der Waals surface area contributed by atoms with Gasteiger partial charge >= 0.3 is 0 Å². The molecule has 0 aromatic carbocycles. The molecule has 5 heteroatoms. The number of carbonyl (C=O) groups excluding carboxylic acids is 2. The molecule has 1 saturated heterocycles. The van der Waals surface area contributed by atoms with Gasteiger partial charge in [0.05, 0.1) is 0 Å². The van der Waals surface area contributed by atoms with Crippen LogP contribution in [0.25, 0.3) is 0 Å². The van der Waals surface area contributed by atoms with Crippen LogP contribution in [-0.2, 0) is 9.59 Å². The summed E-state index contributed by atoms with van der Waals surface area (Å²) in [5.41, 5.74) is 5.97. The maximum atomic E-state index is 12.3. The number of nitrogens with two attached hydrogens (primary N) is 1. The fraction of sp³-hybridized carbons (Fsp3) is 0.867. The molecule has 2 unspecified atom stereocenters. The molecule has 20 heavy (non-hydrogen) atoms. The van der Waals surface area contributed by atoms with Gasteiger partial charge in [0.25, 0.3) is 0 Å². The summed E-state index contributed by atoms with van der Waals surface area (Å²) in [6.45, 7) is 6.64. The van der Waals surface area contributed by atoms with E-state index in [0.29, 0.717) is 19.3 Å². The molecule has 0 radical (unpaired) electrons. The Balaban J connectivity index is 2.35. The Morgan fingerprint density at radius 2 is 1.95 bits per heavy atom. The maximum absolute atomic E-state index is 12.3. The lowest BCUT2D eigenvalue weighted by atomic mass is 9.96. The number of nitrogens with one attached hydrogen (secondary N) is 1. The number of hydrogen-bond donors (Lipinski definition) is 2. The summed E-state index contributed by atoms with van der Waals surface area (Å²) in [5, 5.41) is 2.84. The molecular weight excluding hydrogens is 254 g/mol. The molecule has 5 nitrogen and oxygen atoms in total. The molecule has 0 bridgehead atoms. The molecule has 1 aliphatic rings. The average Bonchev–Trinajstić information content (AvgIpc) is 2.37. The highest BCUT2D eigenvalue weighted by Crippen LogP contribution is 2.20. The molecular formula is C15H29N3O2. The highest BCUT2D eigenvalue weighted by Gasteiger charge is 2.28. The van der Waals surface area contributed by atoms with Crippen molar-refractivity contribution in [3.05, 3.63) is 0 Å². The van der Waals surface area contributed by atoms with Crippen molar-refractivity contribution in [2.24, 2.45) is 5.73 Å². The van der Waals surface area contributed by atoms with E-state index in [-0.39, 0.29) is 29.9 Å². The lowest BCUT2D eigenvalue weighted by molar-refractivity contribution is -0.135. The van der Waals surface area contributed by atoms with E-state index >= 15 is 0 Å². The molecule has 3 N–H and O–H groups in total. The zero-order valence-electron chi connectivity index (χ0n) is 13.0. The minimum atomic E-state index is 0.0171. The van der Waals surface area contributed by atoms with E-state index in [0.717, 1.165) is 25.8 Å². The standard InChI is InChI=1S/C15H29N3O2/c1-11(2)17-14(19)8-6-9-15(20)18-10-5-4-7-13(18)12(3)16/h11-13H,4-10,16H2,1-3H3,(H,17,19). The van der Waals surface area contributed by atoms with E-state index in [9.17, 15) is 9.59 Å². The van der Waals surface area contributed by atoms with Gasteiger partial charge in [0.15, 0.2) is 0 Å². The van der Waals surface area contributed by atoms with Gasteiger partial charge in [-0.25, -0.2) is 0 Å². The first kappa shape index (κ1) is 17.0. The Bertz CT molecular complexity index is 329. The zero-order valence-corrected chi connectivity index (χ0v) is 13.0. The van der Waals surface area contributed by atoms with E-state index in [1.54, 1.807) is 0 Å². The fourth-order valence-electron chi connectivity index (χ4n) is 2.75. The van der Waals surface area contributed by atoms with Crippen LogP contribution in [0, 0.1) is 0 Å². The smallest absolute Gasteiger partial charge is 0.222 e. The second kappa shape index (κ2) is 8.25. The summed E-state index contributed by atoms with van der Waals surface area (Å²) < 4.78 is 0. The van der Waals surface area contributed by atoms with Crippen molar-refractivity contribution in [2.45, 2.75) is 77.4 Å². The molecule has 1 rings (SSSR count). The third-order valence-electron chi connectivity index (χ3n) is 3.72. The monoisotopic (exact) mass is 283 g/mol. The Morgan fingerprint density at radius 1 is 1.25 bits per heavy atom. The van der Waals surface area contributed by atoms with Gasteiger partial charge in [0.1, 0.15) is 0 Å². The van der Waals surface area contributed by atoms with Gasteiger partial charge < -0.3 is 16.0 Å². The first-order chi connectivity index (χ1) is 9.41. The van der Waals surface area contributed by atoms with Gasteiger partial charge in [-0.05, 0) is 46.5 Å². The van der Waals surface area contributed by atoms with Crippen molar-refractivity contribution in [1.29, 1.82) is 0 Å². The number of piperidine rings is 1. The van der Waals surface area contributed by atoms with E-state index in [1.807, 2.05) is 25.7 Å². The molecule has 2 atom stereocenters. The SMILES string of the molecule is CC(C)NC(=O)CCCC(=O)N1CCCCC1C(C)N. The summed E-state index contributed by atoms with van der Waals surface area (Å²) in [6.07, 6.45) is 4.67. The Morgan fingerprint density at radius 3 is 2.55 bits per heavy atom.